The molecule has 0 aliphatic carbocycles. The molecule has 1 aliphatic rings. The zero-order valence-corrected chi connectivity index (χ0v) is 16.0. The van der Waals surface area contributed by atoms with E-state index in [-0.39, 0.29) is 5.75 Å². The molecule has 3 aromatic rings. The Bertz CT molecular complexity index is 1040. The highest BCUT2D eigenvalue weighted by atomic mass is 35.5. The molecule has 0 bridgehead atoms. The van der Waals surface area contributed by atoms with Gasteiger partial charge in [0.25, 0.3) is 0 Å². The number of fused-ring (bicyclic) bond motifs is 2. The van der Waals surface area contributed by atoms with Crippen LogP contribution in [0.5, 0.6) is 11.6 Å². The van der Waals surface area contributed by atoms with Gasteiger partial charge in [0.15, 0.2) is 5.82 Å². The van der Waals surface area contributed by atoms with Crippen molar-refractivity contribution in [3.8, 4) is 23.0 Å². The highest BCUT2D eigenvalue weighted by Gasteiger charge is 2.25. The Kier molecular flexibility index (Phi) is 4.76. The van der Waals surface area contributed by atoms with E-state index >= 15 is 0 Å². The van der Waals surface area contributed by atoms with E-state index in [1.165, 1.54) is 11.8 Å². The smallest absolute Gasteiger partial charge is 0.313 e. The quantitative estimate of drug-likeness (QED) is 0.386. The summed E-state index contributed by atoms with van der Waals surface area (Å²) < 4.78 is 6.10. The van der Waals surface area contributed by atoms with Gasteiger partial charge in [-0.15, -0.1) is 0 Å². The molecule has 0 unspecified atom stereocenters. The highest BCUT2D eigenvalue weighted by Crippen LogP contribution is 2.41. The van der Waals surface area contributed by atoms with Crippen molar-refractivity contribution < 1.29 is 14.6 Å². The zero-order valence-electron chi connectivity index (χ0n) is 14.4. The summed E-state index contributed by atoms with van der Waals surface area (Å²) in [6.07, 6.45) is 0.606. The summed E-state index contributed by atoms with van der Waals surface area (Å²) in [6, 6.07) is 13.2. The first kappa shape index (κ1) is 17.8. The molecule has 136 valence electrons. The minimum atomic E-state index is -0.895. The maximum atomic E-state index is 11.1. The van der Waals surface area contributed by atoms with Crippen molar-refractivity contribution in [3.63, 3.8) is 0 Å². The van der Waals surface area contributed by atoms with Crippen molar-refractivity contribution in [3.05, 3.63) is 64.2 Å². The van der Waals surface area contributed by atoms with Crippen molar-refractivity contribution in [1.82, 2.24) is 9.97 Å². The van der Waals surface area contributed by atoms with Crippen molar-refractivity contribution >= 4 is 29.3 Å². The first-order valence-corrected chi connectivity index (χ1v) is 9.65. The first-order valence-electron chi connectivity index (χ1n) is 8.29. The van der Waals surface area contributed by atoms with Gasteiger partial charge in [-0.3, -0.25) is 4.79 Å². The largest absolute Gasteiger partial charge is 0.481 e. The molecule has 4 rings (SSSR count). The topological polar surface area (TPSA) is 72.3 Å². The number of rotatable bonds is 4. The minimum absolute atomic E-state index is 0.0792. The molecule has 27 heavy (non-hydrogen) atoms. The third-order valence-electron chi connectivity index (χ3n) is 4.23. The van der Waals surface area contributed by atoms with Crippen LogP contribution in [-0.4, -0.2) is 26.8 Å². The van der Waals surface area contributed by atoms with Crippen LogP contribution in [0.25, 0.3) is 11.4 Å². The number of hydrogen-bond acceptors (Lipinski definition) is 5. The summed E-state index contributed by atoms with van der Waals surface area (Å²) in [5.74, 6) is 0.790. The standard InChI is InChI=1S/C20H15ClN2O3S/c1-11-3-2-4-13-9-15-19(26-17(11)13)22-18(12-5-7-14(21)8-6-12)23-20(15)27-10-16(24)25/h2-8H,9-10H2,1H3,(H,24,25). The summed E-state index contributed by atoms with van der Waals surface area (Å²) in [5, 5.41) is 10.3. The molecule has 1 aromatic heterocycles. The van der Waals surface area contributed by atoms with Gasteiger partial charge >= 0.3 is 5.97 Å². The number of benzene rings is 2. The molecule has 0 saturated heterocycles. The van der Waals surface area contributed by atoms with Crippen LogP contribution in [0.1, 0.15) is 16.7 Å². The van der Waals surface area contributed by atoms with Gasteiger partial charge in [0.2, 0.25) is 5.88 Å². The van der Waals surface area contributed by atoms with Gasteiger partial charge in [-0.25, -0.2) is 4.98 Å². The number of hydrogen-bond donors (Lipinski definition) is 1. The summed E-state index contributed by atoms with van der Waals surface area (Å²) in [4.78, 5) is 20.3. The molecule has 0 amide bonds. The predicted molar refractivity (Wildman–Crippen MR) is 105 cm³/mol. The molecule has 0 fully saturated rings. The lowest BCUT2D eigenvalue weighted by Crippen LogP contribution is -2.11. The number of carbonyl (C=O) groups is 1. The predicted octanol–water partition coefficient (Wildman–Crippen LogP) is 4.98. The van der Waals surface area contributed by atoms with Crippen molar-refractivity contribution in [2.45, 2.75) is 18.4 Å². The fraction of sp³-hybridized carbons (Fsp3) is 0.150. The number of para-hydroxylation sites is 1. The molecule has 0 spiro atoms. The number of thioether (sulfide) groups is 1. The Hall–Kier alpha value is -2.57. The Labute approximate surface area is 165 Å². The molecule has 2 aromatic carbocycles. The molecule has 0 saturated carbocycles. The fourth-order valence-electron chi connectivity index (χ4n) is 2.94. The lowest BCUT2D eigenvalue weighted by Gasteiger charge is -2.23. The average Bonchev–Trinajstić information content (AvgIpc) is 2.65. The number of aromatic nitrogens is 2. The van der Waals surface area contributed by atoms with Crippen LogP contribution in [0.3, 0.4) is 0 Å². The summed E-state index contributed by atoms with van der Waals surface area (Å²) in [5.41, 5.74) is 3.68. The number of ether oxygens (including phenoxy) is 1. The Morgan fingerprint density at radius 1 is 1.22 bits per heavy atom. The summed E-state index contributed by atoms with van der Waals surface area (Å²) >= 11 is 7.15. The van der Waals surface area contributed by atoms with E-state index in [1.807, 2.05) is 37.3 Å². The second kappa shape index (κ2) is 7.21. The van der Waals surface area contributed by atoms with E-state index < -0.39 is 5.97 Å². The van der Waals surface area contributed by atoms with Gasteiger partial charge in [0, 0.05) is 17.0 Å². The van der Waals surface area contributed by atoms with Crippen molar-refractivity contribution in [2.75, 3.05) is 5.75 Å². The molecule has 1 aliphatic heterocycles. The van der Waals surface area contributed by atoms with Gasteiger partial charge in [-0.1, -0.05) is 41.6 Å². The SMILES string of the molecule is Cc1cccc2c1Oc1nc(-c3ccc(Cl)cc3)nc(SCC(=O)O)c1C2. The van der Waals surface area contributed by atoms with E-state index in [1.54, 1.807) is 12.1 Å². The van der Waals surface area contributed by atoms with E-state index in [0.29, 0.717) is 28.2 Å². The lowest BCUT2D eigenvalue weighted by atomic mass is 10.0. The fourth-order valence-corrected chi connectivity index (χ4v) is 3.81. The maximum absolute atomic E-state index is 11.1. The van der Waals surface area contributed by atoms with E-state index in [2.05, 4.69) is 9.97 Å². The number of aryl methyl sites for hydroxylation is 1. The number of halogens is 1. The highest BCUT2D eigenvalue weighted by molar-refractivity contribution is 7.99. The minimum Gasteiger partial charge on any atom is -0.481 e. The van der Waals surface area contributed by atoms with E-state index in [9.17, 15) is 4.79 Å². The van der Waals surface area contributed by atoms with Crippen molar-refractivity contribution in [2.24, 2.45) is 0 Å². The zero-order chi connectivity index (χ0) is 19.0. The Morgan fingerprint density at radius 2 is 2.00 bits per heavy atom. The van der Waals surface area contributed by atoms with Crippen LogP contribution in [0.2, 0.25) is 5.02 Å². The molecular formula is C20H15ClN2O3S. The molecular weight excluding hydrogens is 384 g/mol. The van der Waals surface area contributed by atoms with Gasteiger partial charge in [0.1, 0.15) is 10.8 Å². The van der Waals surface area contributed by atoms with Crippen LogP contribution < -0.4 is 4.74 Å². The molecule has 2 heterocycles. The Balaban J connectivity index is 1.82. The van der Waals surface area contributed by atoms with Crippen LogP contribution in [0, 0.1) is 6.92 Å². The number of carboxylic acid groups (broad SMARTS) is 1. The monoisotopic (exact) mass is 398 g/mol. The summed E-state index contributed by atoms with van der Waals surface area (Å²) in [6.45, 7) is 1.99. The second-order valence-corrected chi connectivity index (χ2v) is 7.57. The van der Waals surface area contributed by atoms with Crippen LogP contribution >= 0.6 is 23.4 Å². The first-order chi connectivity index (χ1) is 13.0. The van der Waals surface area contributed by atoms with E-state index in [0.717, 1.165) is 28.0 Å². The molecule has 0 atom stereocenters. The van der Waals surface area contributed by atoms with Gasteiger partial charge < -0.3 is 9.84 Å². The molecule has 1 N–H and O–H groups in total. The van der Waals surface area contributed by atoms with Crippen molar-refractivity contribution in [1.29, 1.82) is 0 Å². The second-order valence-electron chi connectivity index (χ2n) is 6.17. The third-order valence-corrected chi connectivity index (χ3v) is 5.48. The number of aliphatic carboxylic acids is 1. The molecule has 7 heteroatoms. The number of carboxylic acids is 1. The van der Waals surface area contributed by atoms with Crippen LogP contribution in [0.4, 0.5) is 0 Å². The molecule has 5 nitrogen and oxygen atoms in total. The van der Waals surface area contributed by atoms with Crippen LogP contribution in [-0.2, 0) is 11.2 Å². The van der Waals surface area contributed by atoms with Gasteiger partial charge in [-0.05, 0) is 42.3 Å². The normalized spacial score (nSPS) is 12.1. The maximum Gasteiger partial charge on any atom is 0.313 e. The summed E-state index contributed by atoms with van der Waals surface area (Å²) in [7, 11) is 0. The Morgan fingerprint density at radius 3 is 2.74 bits per heavy atom. The van der Waals surface area contributed by atoms with Gasteiger partial charge in [0.05, 0.1) is 11.3 Å². The van der Waals surface area contributed by atoms with E-state index in [4.69, 9.17) is 21.4 Å². The van der Waals surface area contributed by atoms with Crippen LogP contribution in [0.15, 0.2) is 47.5 Å². The lowest BCUT2D eigenvalue weighted by molar-refractivity contribution is -0.133. The van der Waals surface area contributed by atoms with Gasteiger partial charge in [-0.2, -0.15) is 4.98 Å². The molecule has 0 radical (unpaired) electrons. The third kappa shape index (κ3) is 3.63. The number of nitrogens with zero attached hydrogens (tertiary/aromatic N) is 2. The average molecular weight is 399 g/mol.